The third-order valence-corrected chi connectivity index (χ3v) is 8.95. The molecule has 116 valence electrons. The van der Waals surface area contributed by atoms with Crippen molar-refractivity contribution in [3.63, 3.8) is 0 Å². The average molecular weight is 297 g/mol. The molecule has 0 aromatic rings. The smallest absolute Gasteiger partial charge is 0.139 e. The van der Waals surface area contributed by atoms with E-state index < -0.39 is 7.28 Å². The molecule has 1 rings (SSSR count). The van der Waals surface area contributed by atoms with E-state index in [1.54, 1.807) is 0 Å². The molecule has 0 aromatic carbocycles. The van der Waals surface area contributed by atoms with Crippen molar-refractivity contribution in [2.45, 2.75) is 84.6 Å². The summed E-state index contributed by atoms with van der Waals surface area (Å²) in [6.07, 6.45) is 10.7. The minimum Gasteiger partial charge on any atom is -0.463 e. The van der Waals surface area contributed by atoms with Crippen LogP contribution in [0.1, 0.15) is 67.2 Å². The van der Waals surface area contributed by atoms with Gasteiger partial charge >= 0.3 is 0 Å². The van der Waals surface area contributed by atoms with Gasteiger partial charge in [-0.3, -0.25) is 4.74 Å². The molecular weight excluding hydrogens is 265 g/mol. The van der Waals surface area contributed by atoms with Gasteiger partial charge < -0.3 is 4.52 Å². The molecule has 0 N–H and O–H groups in total. The number of nitrogens with zero attached hydrogens (tertiary/aromatic N) is 1. The van der Waals surface area contributed by atoms with Gasteiger partial charge in [-0.1, -0.05) is 46.8 Å². The van der Waals surface area contributed by atoms with Gasteiger partial charge in [-0.15, -0.1) is 0 Å². The second-order valence-electron chi connectivity index (χ2n) is 5.92. The van der Waals surface area contributed by atoms with E-state index in [9.17, 15) is 0 Å². The van der Waals surface area contributed by atoms with Crippen molar-refractivity contribution < 1.29 is 4.52 Å². The Morgan fingerprint density at radius 2 is 1.70 bits per heavy atom. The van der Waals surface area contributed by atoms with Gasteiger partial charge in [-0.25, -0.2) is 0 Å². The molecule has 1 aliphatic rings. The third-order valence-electron chi connectivity index (χ3n) is 4.41. The third kappa shape index (κ3) is 4.01. The molecular formula is C17H32NOP. The maximum Gasteiger partial charge on any atom is 0.139 e. The Balaban J connectivity index is 3.21. The lowest BCUT2D eigenvalue weighted by molar-refractivity contribution is 0.431. The van der Waals surface area contributed by atoms with E-state index in [2.05, 4.69) is 59.8 Å². The van der Waals surface area contributed by atoms with Crippen LogP contribution >= 0.6 is 7.28 Å². The fraction of sp³-hybridized carbons (Fsp3) is 0.765. The van der Waals surface area contributed by atoms with Gasteiger partial charge in [0.15, 0.2) is 0 Å². The van der Waals surface area contributed by atoms with E-state index in [-0.39, 0.29) is 0 Å². The lowest BCUT2D eigenvalue weighted by Crippen LogP contribution is -2.17. The Morgan fingerprint density at radius 3 is 2.10 bits per heavy atom. The lowest BCUT2D eigenvalue weighted by atomic mass is 10.3. The highest BCUT2D eigenvalue weighted by molar-refractivity contribution is 7.63. The summed E-state index contributed by atoms with van der Waals surface area (Å²) < 4.78 is 11.9. The largest absolute Gasteiger partial charge is 0.463 e. The molecule has 0 aromatic heterocycles. The molecule has 3 atom stereocenters. The van der Waals surface area contributed by atoms with E-state index in [0.29, 0.717) is 17.4 Å². The van der Waals surface area contributed by atoms with Crippen LogP contribution in [0.5, 0.6) is 0 Å². The predicted molar refractivity (Wildman–Crippen MR) is 91.5 cm³/mol. The first kappa shape index (κ1) is 17.6. The summed E-state index contributed by atoms with van der Waals surface area (Å²) in [6, 6.07) is 0.390. The van der Waals surface area contributed by atoms with Crippen LogP contribution in [0.3, 0.4) is 0 Å². The van der Waals surface area contributed by atoms with Gasteiger partial charge in [0.1, 0.15) is 13.0 Å². The summed E-state index contributed by atoms with van der Waals surface area (Å²) in [5, 5.41) is 0. The maximum atomic E-state index is 6.62. The van der Waals surface area contributed by atoms with Gasteiger partial charge in [0.25, 0.3) is 0 Å². The molecule has 0 fully saturated rings. The van der Waals surface area contributed by atoms with Crippen molar-refractivity contribution in [3.8, 4) is 0 Å². The van der Waals surface area contributed by atoms with Gasteiger partial charge in [0.05, 0.1) is 0 Å². The molecule has 0 saturated carbocycles. The molecule has 0 heterocycles. The Kier molecular flexibility index (Phi) is 7.09. The first-order valence-electron chi connectivity index (χ1n) is 8.16. The van der Waals surface area contributed by atoms with Gasteiger partial charge in [0.2, 0.25) is 0 Å². The minimum absolute atomic E-state index is 0.390. The number of hydrogen-bond donors (Lipinski definition) is 0. The topological polar surface area (TPSA) is 21.6 Å². The highest BCUT2D eigenvalue weighted by atomic mass is 31.2. The monoisotopic (exact) mass is 297 g/mol. The molecule has 0 saturated heterocycles. The fourth-order valence-electron chi connectivity index (χ4n) is 2.46. The molecule has 20 heavy (non-hydrogen) atoms. The van der Waals surface area contributed by atoms with Gasteiger partial charge in [-0.2, -0.15) is 0 Å². The van der Waals surface area contributed by atoms with Crippen LogP contribution in [0.4, 0.5) is 0 Å². The van der Waals surface area contributed by atoms with Crippen molar-refractivity contribution in [1.29, 1.82) is 0 Å². The number of allylic oxidation sites excluding steroid dienone is 3. The maximum absolute atomic E-state index is 6.62. The standard InChI is InChI=1S/C17H32NOP/c1-7-14(4)18-20(15(5)8-2,16(6)9-3)19-17-12-10-11-13-17/h10-12,14-16H,7-9,13H2,1-6H3. The van der Waals surface area contributed by atoms with Gasteiger partial charge in [-0.05, 0) is 32.3 Å². The predicted octanol–water partition coefficient (Wildman–Crippen LogP) is 6.36. The first-order chi connectivity index (χ1) is 9.50. The molecule has 1 aliphatic carbocycles. The normalized spacial score (nSPS) is 21.8. The Hall–Kier alpha value is -0.490. The van der Waals surface area contributed by atoms with Gasteiger partial charge in [0, 0.05) is 23.8 Å². The molecule has 3 unspecified atom stereocenters. The highest BCUT2D eigenvalue weighted by Gasteiger charge is 2.35. The van der Waals surface area contributed by atoms with Crippen LogP contribution in [-0.2, 0) is 4.52 Å². The van der Waals surface area contributed by atoms with Crippen molar-refractivity contribution in [2.75, 3.05) is 0 Å². The molecule has 0 spiro atoms. The minimum atomic E-state index is -1.78. The second-order valence-corrected chi connectivity index (χ2v) is 9.44. The Bertz CT molecular complexity index is 397. The van der Waals surface area contributed by atoms with E-state index >= 15 is 0 Å². The summed E-state index contributed by atoms with van der Waals surface area (Å²) in [4.78, 5) is 0. The van der Waals surface area contributed by atoms with Crippen LogP contribution in [0, 0.1) is 0 Å². The van der Waals surface area contributed by atoms with Crippen LogP contribution in [0.15, 0.2) is 28.7 Å². The van der Waals surface area contributed by atoms with Crippen molar-refractivity contribution >= 4 is 7.28 Å². The van der Waals surface area contributed by atoms with Crippen LogP contribution in [0.2, 0.25) is 0 Å². The van der Waals surface area contributed by atoms with Crippen molar-refractivity contribution in [3.05, 3.63) is 24.0 Å². The van der Waals surface area contributed by atoms with Crippen molar-refractivity contribution in [1.82, 2.24) is 0 Å². The van der Waals surface area contributed by atoms with Crippen molar-refractivity contribution in [2.24, 2.45) is 4.74 Å². The zero-order valence-corrected chi connectivity index (χ0v) is 15.0. The Morgan fingerprint density at radius 1 is 1.10 bits per heavy atom. The summed E-state index contributed by atoms with van der Waals surface area (Å²) in [7, 11) is -1.78. The summed E-state index contributed by atoms with van der Waals surface area (Å²) in [5.74, 6) is 1.12. The zero-order chi connectivity index (χ0) is 15.2. The van der Waals surface area contributed by atoms with Crippen LogP contribution in [-0.4, -0.2) is 17.4 Å². The van der Waals surface area contributed by atoms with Crippen LogP contribution in [0.25, 0.3) is 0 Å². The Labute approximate surface area is 125 Å². The SMILES string of the molecule is CCC(C)N=P(OC1=CC=CC1)(C(C)CC)C(C)CC. The second kappa shape index (κ2) is 8.08. The zero-order valence-electron chi connectivity index (χ0n) is 14.1. The molecule has 3 heteroatoms. The highest BCUT2D eigenvalue weighted by Crippen LogP contribution is 2.63. The van der Waals surface area contributed by atoms with E-state index in [1.807, 2.05) is 0 Å². The average Bonchev–Trinajstić information content (AvgIpc) is 2.97. The fourth-order valence-corrected chi connectivity index (χ4v) is 6.53. The molecule has 0 bridgehead atoms. The molecule has 0 aliphatic heterocycles. The number of hydrogen-bond acceptors (Lipinski definition) is 2. The lowest BCUT2D eigenvalue weighted by Gasteiger charge is -2.37. The molecule has 0 amide bonds. The first-order valence-corrected chi connectivity index (χ1v) is 9.95. The summed E-state index contributed by atoms with van der Waals surface area (Å²) in [6.45, 7) is 13.6. The van der Waals surface area contributed by atoms with E-state index in [0.717, 1.165) is 31.4 Å². The summed E-state index contributed by atoms with van der Waals surface area (Å²) >= 11 is 0. The quantitative estimate of drug-likeness (QED) is 0.478. The molecule has 0 radical (unpaired) electrons. The van der Waals surface area contributed by atoms with E-state index in [1.165, 1.54) is 0 Å². The molecule has 2 nitrogen and oxygen atoms in total. The van der Waals surface area contributed by atoms with E-state index in [4.69, 9.17) is 9.27 Å². The summed E-state index contributed by atoms with van der Waals surface area (Å²) in [5.41, 5.74) is 1.07. The number of rotatable bonds is 8. The van der Waals surface area contributed by atoms with Crippen LogP contribution < -0.4 is 0 Å².